The van der Waals surface area contributed by atoms with Crippen LogP contribution >= 0.6 is 22.6 Å². The fraction of sp³-hybridized carbons (Fsp3) is 0.966. The van der Waals surface area contributed by atoms with Gasteiger partial charge in [-0.1, -0.05) is 61.6 Å². The van der Waals surface area contributed by atoms with Crippen molar-refractivity contribution in [3.63, 3.8) is 0 Å². The first-order valence-corrected chi connectivity index (χ1v) is 16.7. The monoisotopic (exact) mass is 708 g/mol. The Morgan fingerprint density at radius 1 is 0.415 bits per heavy atom. The van der Waals surface area contributed by atoms with E-state index in [0.717, 1.165) is 23.9 Å². The first kappa shape index (κ1) is 40.8. The molecule has 12 heteroatoms. The largest absolute Gasteiger partial charge is 0.463 e. The van der Waals surface area contributed by atoms with Gasteiger partial charge in [-0.25, -0.2) is 0 Å². The van der Waals surface area contributed by atoms with Gasteiger partial charge in [0.2, 0.25) is 0 Å². The molecular weight excluding hydrogens is 651 g/mol. The van der Waals surface area contributed by atoms with Crippen LogP contribution in [0.15, 0.2) is 0 Å². The summed E-state index contributed by atoms with van der Waals surface area (Å²) in [6.07, 6.45) is 7.45. The van der Waals surface area contributed by atoms with Crippen LogP contribution < -0.4 is 0 Å². The molecule has 11 nitrogen and oxygen atoms in total. The van der Waals surface area contributed by atoms with Gasteiger partial charge in [-0.05, 0) is 6.42 Å². The minimum Gasteiger partial charge on any atom is -0.463 e. The minimum atomic E-state index is -0.140. The quantitative estimate of drug-likeness (QED) is 0.0410. The lowest BCUT2D eigenvalue weighted by Gasteiger charge is -2.09. The summed E-state index contributed by atoms with van der Waals surface area (Å²) < 4.78 is 55.0. The predicted octanol–water partition coefficient (Wildman–Crippen LogP) is 3.86. The Labute approximate surface area is 262 Å². The summed E-state index contributed by atoms with van der Waals surface area (Å²) in [6.45, 7) is 12.0. The molecule has 0 aliphatic carbocycles. The molecule has 246 valence electrons. The number of esters is 1. The number of halogens is 1. The number of hydrogen-bond acceptors (Lipinski definition) is 11. The van der Waals surface area contributed by atoms with E-state index < -0.39 is 0 Å². The standard InChI is InChI=1S/C29H57IO11/c1-2-3-4-5-6-7-8-29(31)41-28-27-40-26-25-39-24-23-38-22-21-37-20-19-36-18-17-35-16-15-34-14-13-33-12-11-32-10-9-30/h2-28H2,1H3. The Kier molecular flexibility index (Phi) is 37.7. The van der Waals surface area contributed by atoms with Crippen LogP contribution in [0.3, 0.4) is 0 Å². The maximum Gasteiger partial charge on any atom is 0.305 e. The smallest absolute Gasteiger partial charge is 0.305 e. The van der Waals surface area contributed by atoms with Crippen LogP contribution in [0.1, 0.15) is 51.9 Å². The third-order valence-corrected chi connectivity index (χ3v) is 5.86. The highest BCUT2D eigenvalue weighted by Gasteiger charge is 2.02. The van der Waals surface area contributed by atoms with E-state index in [9.17, 15) is 4.79 Å². The molecule has 0 amide bonds. The summed E-state index contributed by atoms with van der Waals surface area (Å²) in [7, 11) is 0. The van der Waals surface area contributed by atoms with E-state index in [1.165, 1.54) is 25.7 Å². The summed E-state index contributed by atoms with van der Waals surface area (Å²) in [5, 5.41) is 0. The zero-order chi connectivity index (χ0) is 29.7. The number of unbranched alkanes of at least 4 members (excludes halogenated alkanes) is 5. The molecule has 0 spiro atoms. The van der Waals surface area contributed by atoms with Gasteiger partial charge < -0.3 is 47.4 Å². The molecule has 0 fully saturated rings. The number of carbonyl (C=O) groups excluding carboxylic acids is 1. The molecule has 41 heavy (non-hydrogen) atoms. The van der Waals surface area contributed by atoms with Gasteiger partial charge in [0.15, 0.2) is 0 Å². The van der Waals surface area contributed by atoms with E-state index in [4.69, 9.17) is 47.4 Å². The summed E-state index contributed by atoms with van der Waals surface area (Å²) >= 11 is 2.28. The summed E-state index contributed by atoms with van der Waals surface area (Å²) in [6, 6.07) is 0. The normalized spacial score (nSPS) is 11.4. The van der Waals surface area contributed by atoms with Gasteiger partial charge in [-0.3, -0.25) is 4.79 Å². The number of alkyl halides is 1. The van der Waals surface area contributed by atoms with E-state index in [-0.39, 0.29) is 5.97 Å². The van der Waals surface area contributed by atoms with Crippen molar-refractivity contribution < 1.29 is 52.2 Å². The van der Waals surface area contributed by atoms with Crippen molar-refractivity contribution in [2.45, 2.75) is 51.9 Å². The zero-order valence-electron chi connectivity index (χ0n) is 25.5. The highest BCUT2D eigenvalue weighted by Crippen LogP contribution is 2.07. The number of rotatable bonds is 36. The zero-order valence-corrected chi connectivity index (χ0v) is 27.6. The molecule has 0 unspecified atom stereocenters. The second-order valence-electron chi connectivity index (χ2n) is 8.94. The molecule has 0 aromatic carbocycles. The molecule has 0 aromatic heterocycles. The molecule has 0 saturated carbocycles. The molecule has 0 N–H and O–H groups in total. The summed E-state index contributed by atoms with van der Waals surface area (Å²) in [5.74, 6) is -0.140. The van der Waals surface area contributed by atoms with Gasteiger partial charge in [-0.15, -0.1) is 0 Å². The molecule has 0 rings (SSSR count). The van der Waals surface area contributed by atoms with Crippen LogP contribution in [0.5, 0.6) is 0 Å². The first-order valence-electron chi connectivity index (χ1n) is 15.2. The van der Waals surface area contributed by atoms with E-state index in [1.54, 1.807) is 0 Å². The molecular formula is C29H57IO11. The third-order valence-electron chi connectivity index (χ3n) is 5.42. The molecule has 0 aliphatic rings. The Morgan fingerprint density at radius 2 is 0.707 bits per heavy atom. The summed E-state index contributed by atoms with van der Waals surface area (Å²) in [4.78, 5) is 11.6. The molecule has 0 bridgehead atoms. The van der Waals surface area contributed by atoms with Crippen molar-refractivity contribution in [3.05, 3.63) is 0 Å². The first-order chi connectivity index (χ1) is 20.3. The van der Waals surface area contributed by atoms with Gasteiger partial charge in [0.05, 0.1) is 119 Å². The highest BCUT2D eigenvalue weighted by molar-refractivity contribution is 14.1. The van der Waals surface area contributed by atoms with Crippen LogP contribution in [0.2, 0.25) is 0 Å². The molecule has 0 heterocycles. The average molecular weight is 709 g/mol. The Morgan fingerprint density at radius 3 is 1.05 bits per heavy atom. The molecule has 0 aliphatic heterocycles. The van der Waals surface area contributed by atoms with Crippen LogP contribution in [-0.4, -0.2) is 136 Å². The van der Waals surface area contributed by atoms with Crippen molar-refractivity contribution in [2.24, 2.45) is 0 Å². The average Bonchev–Trinajstić information content (AvgIpc) is 2.98. The molecule has 0 radical (unpaired) electrons. The van der Waals surface area contributed by atoms with Crippen molar-refractivity contribution >= 4 is 28.6 Å². The van der Waals surface area contributed by atoms with Crippen LogP contribution in [0.25, 0.3) is 0 Å². The van der Waals surface area contributed by atoms with E-state index in [1.807, 2.05) is 0 Å². The topological polar surface area (TPSA) is 109 Å². The molecule has 0 aromatic rings. The van der Waals surface area contributed by atoms with Crippen LogP contribution in [-0.2, 0) is 52.2 Å². The van der Waals surface area contributed by atoms with Crippen molar-refractivity contribution in [2.75, 3.05) is 130 Å². The van der Waals surface area contributed by atoms with Gasteiger partial charge in [0, 0.05) is 10.8 Å². The number of hydrogen-bond donors (Lipinski definition) is 0. The van der Waals surface area contributed by atoms with Gasteiger partial charge in [0.25, 0.3) is 0 Å². The van der Waals surface area contributed by atoms with E-state index in [0.29, 0.717) is 125 Å². The number of ether oxygens (including phenoxy) is 10. The van der Waals surface area contributed by atoms with Gasteiger partial charge in [0.1, 0.15) is 6.61 Å². The molecule has 0 saturated heterocycles. The van der Waals surface area contributed by atoms with Crippen molar-refractivity contribution in [1.29, 1.82) is 0 Å². The van der Waals surface area contributed by atoms with Gasteiger partial charge >= 0.3 is 5.97 Å². The Hall–Kier alpha value is -0.160. The van der Waals surface area contributed by atoms with Crippen molar-refractivity contribution in [3.8, 4) is 0 Å². The maximum atomic E-state index is 11.6. The van der Waals surface area contributed by atoms with Crippen LogP contribution in [0.4, 0.5) is 0 Å². The molecule has 0 atom stereocenters. The maximum absolute atomic E-state index is 11.6. The second kappa shape index (κ2) is 37.9. The SMILES string of the molecule is CCCCCCCCC(=O)OCCOCCOCCOCCOCCOCCOCCOCCOCCOCCI. The van der Waals surface area contributed by atoms with Crippen molar-refractivity contribution in [1.82, 2.24) is 0 Å². The summed E-state index contributed by atoms with van der Waals surface area (Å²) in [5.41, 5.74) is 0. The Bertz CT molecular complexity index is 503. The second-order valence-corrected chi connectivity index (χ2v) is 10.0. The lowest BCUT2D eigenvalue weighted by molar-refractivity contribution is -0.145. The number of carbonyl (C=O) groups is 1. The minimum absolute atomic E-state index is 0.140. The lowest BCUT2D eigenvalue weighted by Crippen LogP contribution is -2.15. The fourth-order valence-corrected chi connectivity index (χ4v) is 3.56. The predicted molar refractivity (Wildman–Crippen MR) is 165 cm³/mol. The fourth-order valence-electron chi connectivity index (χ4n) is 3.25. The van der Waals surface area contributed by atoms with Crippen LogP contribution in [0, 0.1) is 0 Å². The van der Waals surface area contributed by atoms with E-state index in [2.05, 4.69) is 29.5 Å². The third kappa shape index (κ3) is 37.8. The lowest BCUT2D eigenvalue weighted by atomic mass is 10.1. The highest BCUT2D eigenvalue weighted by atomic mass is 127. The van der Waals surface area contributed by atoms with E-state index >= 15 is 0 Å². The van der Waals surface area contributed by atoms with Gasteiger partial charge in [-0.2, -0.15) is 0 Å². The Balaban J connectivity index is 3.09.